The molecule has 0 aliphatic carbocycles. The molecule has 0 aliphatic rings. The van der Waals surface area contributed by atoms with Gasteiger partial charge in [-0.05, 0) is 0 Å². The molecule has 0 aliphatic heterocycles. The van der Waals surface area contributed by atoms with E-state index in [1.54, 1.807) is 7.11 Å². The van der Waals surface area contributed by atoms with Gasteiger partial charge >= 0.3 is 18.9 Å². The summed E-state index contributed by atoms with van der Waals surface area (Å²) in [7, 11) is 4.60. The third-order valence-electron chi connectivity index (χ3n) is 0.201. The van der Waals surface area contributed by atoms with Crippen LogP contribution in [-0.2, 0) is 9.47 Å². The third kappa shape index (κ3) is 8.82. The van der Waals surface area contributed by atoms with Crippen molar-refractivity contribution < 1.29 is 28.3 Å². The van der Waals surface area contributed by atoms with E-state index in [1.807, 2.05) is 0 Å². The normalized spacial score (nSPS) is 7.00. The molecule has 0 aromatic rings. The second-order valence-corrected chi connectivity index (χ2v) is 0.611. The molecule has 0 heterocycles. The van der Waals surface area contributed by atoms with E-state index in [1.165, 1.54) is 0 Å². The van der Waals surface area contributed by atoms with Crippen LogP contribution in [0.5, 0.6) is 0 Å². The maximum absolute atomic E-state index is 4.41. The van der Waals surface area contributed by atoms with Gasteiger partial charge in [0.25, 0.3) is 0 Å². The third-order valence-corrected chi connectivity index (χ3v) is 0.201. The summed E-state index contributed by atoms with van der Waals surface area (Å²) in [4.78, 5) is 0. The van der Waals surface area contributed by atoms with Crippen molar-refractivity contribution in [2.45, 2.75) is 0 Å². The van der Waals surface area contributed by atoms with Crippen LogP contribution in [0.25, 0.3) is 0 Å². The first kappa shape index (κ1) is 9.72. The van der Waals surface area contributed by atoms with Gasteiger partial charge in [-0.2, -0.15) is 0 Å². The van der Waals surface area contributed by atoms with Crippen LogP contribution in [-0.4, -0.2) is 13.9 Å². The van der Waals surface area contributed by atoms with Crippen LogP contribution < -0.4 is 18.9 Å². The summed E-state index contributed by atoms with van der Waals surface area (Å²) < 4.78 is 8.62. The Labute approximate surface area is 50.0 Å². The van der Waals surface area contributed by atoms with Crippen molar-refractivity contribution in [2.75, 3.05) is 13.9 Å². The topological polar surface area (TPSA) is 18.5 Å². The molecule has 0 aromatic carbocycles. The summed E-state index contributed by atoms with van der Waals surface area (Å²) in [6.45, 7) is 0.278. The van der Waals surface area contributed by atoms with E-state index in [2.05, 4.69) is 16.6 Å². The first-order chi connectivity index (χ1) is 2.41. The Morgan fingerprint density at radius 3 is 2.17 bits per heavy atom. The molecule has 0 bridgehead atoms. The number of hydrogen-bond donors (Lipinski definition) is 0. The van der Waals surface area contributed by atoms with E-state index >= 15 is 0 Å². The van der Waals surface area contributed by atoms with E-state index < -0.39 is 0 Å². The summed E-state index contributed by atoms with van der Waals surface area (Å²) in [5.74, 6) is 0. The molecule has 0 saturated heterocycles. The number of rotatable bonds is 2. The molecule has 0 rings (SSSR count). The Bertz CT molecular complexity index is 16.3. The van der Waals surface area contributed by atoms with E-state index in [0.717, 1.165) is 0 Å². The van der Waals surface area contributed by atoms with Gasteiger partial charge in [0.1, 0.15) is 6.79 Å². The first-order valence-corrected chi connectivity index (χ1v) is 1.27. The number of ether oxygens (including phenoxy) is 2. The minimum Gasteiger partial charge on any atom is -0.535 e. The zero-order valence-corrected chi connectivity index (χ0v) is 4.23. The van der Waals surface area contributed by atoms with Gasteiger partial charge in [-0.1, -0.05) is 0 Å². The molecule has 6 heavy (non-hydrogen) atoms. The van der Waals surface area contributed by atoms with Crippen LogP contribution in [0.1, 0.15) is 0 Å². The SMILES string of the molecule is [CH2-]OCOC.[Li+]. The molecule has 0 N–H and O–H groups in total. The number of hydrogen-bond acceptors (Lipinski definition) is 2. The van der Waals surface area contributed by atoms with Gasteiger partial charge in [-0.25, -0.2) is 7.11 Å². The predicted molar refractivity (Wildman–Crippen MR) is 18.3 cm³/mol. The van der Waals surface area contributed by atoms with Crippen molar-refractivity contribution in [2.24, 2.45) is 0 Å². The molecule has 0 unspecified atom stereocenters. The molecule has 0 atom stereocenters. The predicted octanol–water partition coefficient (Wildman–Crippen LogP) is -2.60. The Morgan fingerprint density at radius 2 is 2.17 bits per heavy atom. The van der Waals surface area contributed by atoms with Gasteiger partial charge < -0.3 is 9.47 Å². The molecule has 0 saturated carbocycles. The molecular formula is C3H7LiO2. The number of methoxy groups -OCH3 is 1. The zero-order chi connectivity index (χ0) is 4.12. The van der Waals surface area contributed by atoms with Crippen LogP contribution in [0.4, 0.5) is 0 Å². The fourth-order valence-electron chi connectivity index (χ4n) is 0.0833. The Hall–Kier alpha value is 0.517. The summed E-state index contributed by atoms with van der Waals surface area (Å²) in [6, 6.07) is 0. The standard InChI is InChI=1S/C3H7O2.Li/c1-4-3-5-2;/h1,3H2,2H3;/q-1;+1. The fraction of sp³-hybridized carbons (Fsp3) is 0.667. The van der Waals surface area contributed by atoms with Gasteiger partial charge in [0.2, 0.25) is 0 Å². The largest absolute Gasteiger partial charge is 1.00 e. The van der Waals surface area contributed by atoms with Crippen LogP contribution in [0.15, 0.2) is 0 Å². The fourth-order valence-corrected chi connectivity index (χ4v) is 0.0833. The molecule has 32 valence electrons. The van der Waals surface area contributed by atoms with Crippen molar-refractivity contribution in [3.05, 3.63) is 7.11 Å². The Morgan fingerprint density at radius 1 is 1.67 bits per heavy atom. The average molecular weight is 82.0 g/mol. The summed E-state index contributed by atoms with van der Waals surface area (Å²) in [5, 5.41) is 0. The van der Waals surface area contributed by atoms with Gasteiger partial charge in [0.05, 0.1) is 0 Å². The molecule has 0 radical (unpaired) electrons. The zero-order valence-electron chi connectivity index (χ0n) is 4.23. The summed E-state index contributed by atoms with van der Waals surface area (Å²) in [6.07, 6.45) is 0. The monoisotopic (exact) mass is 82.1 g/mol. The Kier molecular flexibility index (Phi) is 14.7. The van der Waals surface area contributed by atoms with Gasteiger partial charge in [0.15, 0.2) is 0 Å². The molecule has 0 fully saturated rings. The smallest absolute Gasteiger partial charge is 0.535 e. The van der Waals surface area contributed by atoms with E-state index in [4.69, 9.17) is 0 Å². The molecular weight excluding hydrogens is 75.0 g/mol. The molecule has 0 spiro atoms. The van der Waals surface area contributed by atoms with Crippen LogP contribution in [0.3, 0.4) is 0 Å². The second kappa shape index (κ2) is 9.10. The molecule has 2 nitrogen and oxygen atoms in total. The van der Waals surface area contributed by atoms with Crippen molar-refractivity contribution in [1.29, 1.82) is 0 Å². The van der Waals surface area contributed by atoms with Crippen LogP contribution in [0.2, 0.25) is 0 Å². The van der Waals surface area contributed by atoms with Gasteiger partial charge in [-0.15, -0.1) is 0 Å². The average Bonchev–Trinajstić information content (AvgIpc) is 1.41. The molecule has 0 amide bonds. The Balaban J connectivity index is 0. The molecule has 0 aromatic heterocycles. The summed E-state index contributed by atoms with van der Waals surface area (Å²) in [5.41, 5.74) is 0. The maximum atomic E-state index is 4.41. The van der Waals surface area contributed by atoms with Crippen molar-refractivity contribution in [3.8, 4) is 0 Å². The van der Waals surface area contributed by atoms with Gasteiger partial charge in [0, 0.05) is 7.11 Å². The minimum absolute atomic E-state index is 0. The quantitative estimate of drug-likeness (QED) is 0.207. The minimum atomic E-state index is 0. The van der Waals surface area contributed by atoms with Crippen molar-refractivity contribution in [3.63, 3.8) is 0 Å². The van der Waals surface area contributed by atoms with E-state index in [9.17, 15) is 0 Å². The van der Waals surface area contributed by atoms with Crippen molar-refractivity contribution >= 4 is 0 Å². The van der Waals surface area contributed by atoms with E-state index in [-0.39, 0.29) is 25.7 Å². The molecule has 3 heteroatoms. The van der Waals surface area contributed by atoms with Gasteiger partial charge in [-0.3, -0.25) is 0 Å². The summed E-state index contributed by atoms with van der Waals surface area (Å²) >= 11 is 0. The van der Waals surface area contributed by atoms with E-state index in [0.29, 0.717) is 0 Å². The van der Waals surface area contributed by atoms with Crippen LogP contribution >= 0.6 is 0 Å². The maximum Gasteiger partial charge on any atom is 1.00 e. The second-order valence-electron chi connectivity index (χ2n) is 0.611. The van der Waals surface area contributed by atoms with Crippen LogP contribution in [0, 0.1) is 7.11 Å². The first-order valence-electron chi connectivity index (χ1n) is 1.27. The van der Waals surface area contributed by atoms with Crippen molar-refractivity contribution in [1.82, 2.24) is 0 Å².